The monoisotopic (exact) mass is 538 g/mol. The molecule has 206 valence electrons. The Kier molecular flexibility index (Phi) is 8.95. The lowest BCUT2D eigenvalue weighted by atomic mass is 9.97. The first kappa shape index (κ1) is 26.8. The van der Waals surface area contributed by atoms with Crippen molar-refractivity contribution in [2.45, 2.75) is 56.8 Å². The van der Waals surface area contributed by atoms with Crippen LogP contribution in [0.25, 0.3) is 0 Å². The van der Waals surface area contributed by atoms with Crippen molar-refractivity contribution in [1.29, 1.82) is 0 Å². The molecule has 40 heavy (non-hydrogen) atoms. The minimum absolute atomic E-state index is 0.353. The van der Waals surface area contributed by atoms with Crippen LogP contribution in [-0.2, 0) is 48.2 Å². The van der Waals surface area contributed by atoms with Gasteiger partial charge in [0.15, 0.2) is 12.6 Å². The van der Waals surface area contributed by atoms with Crippen molar-refractivity contribution in [3.8, 4) is 0 Å². The molecule has 6 nitrogen and oxygen atoms in total. The molecule has 2 aliphatic heterocycles. The van der Waals surface area contributed by atoms with Crippen molar-refractivity contribution >= 4 is 0 Å². The van der Waals surface area contributed by atoms with E-state index in [4.69, 9.17) is 28.4 Å². The fourth-order valence-electron chi connectivity index (χ4n) is 5.11. The van der Waals surface area contributed by atoms with Crippen molar-refractivity contribution in [2.24, 2.45) is 0 Å². The second kappa shape index (κ2) is 13.3. The van der Waals surface area contributed by atoms with E-state index in [1.54, 1.807) is 0 Å². The lowest BCUT2D eigenvalue weighted by molar-refractivity contribution is -0.374. The highest BCUT2D eigenvalue weighted by Crippen LogP contribution is 2.37. The van der Waals surface area contributed by atoms with Crippen LogP contribution in [0, 0.1) is 0 Å². The molecule has 0 spiro atoms. The molecular formula is C34H34O6. The molecule has 0 aliphatic carbocycles. The van der Waals surface area contributed by atoms with Gasteiger partial charge < -0.3 is 28.4 Å². The highest BCUT2D eigenvalue weighted by Gasteiger charge is 2.51. The van der Waals surface area contributed by atoms with Crippen LogP contribution in [0.2, 0.25) is 0 Å². The van der Waals surface area contributed by atoms with Crippen molar-refractivity contribution in [3.63, 3.8) is 0 Å². The Labute approximate surface area is 235 Å². The van der Waals surface area contributed by atoms with Crippen molar-refractivity contribution < 1.29 is 28.4 Å². The zero-order valence-corrected chi connectivity index (χ0v) is 22.3. The molecule has 3 unspecified atom stereocenters. The van der Waals surface area contributed by atoms with Crippen LogP contribution >= 0.6 is 0 Å². The number of benzene rings is 4. The van der Waals surface area contributed by atoms with Crippen molar-refractivity contribution in [3.05, 3.63) is 144 Å². The Hall–Kier alpha value is -3.36. The summed E-state index contributed by atoms with van der Waals surface area (Å²) in [5, 5.41) is 0. The standard InChI is InChI=1S/C34H34O6/c1-5-13-25(14-6-1)21-35-31-30-29(24-38-33(40-30)28-19-11-4-12-20-28)39-34(37-23-27-17-9-3-10-18-27)32(31)36-22-26-15-7-2-8-16-26/h1-20,29-34H,21-24H2/t29?,30-,31+,32?,33?,34-/m1/s1. The number of rotatable bonds is 10. The molecule has 0 saturated carbocycles. The third-order valence-corrected chi connectivity index (χ3v) is 7.18. The minimum Gasteiger partial charge on any atom is -0.368 e. The highest BCUT2D eigenvalue weighted by atomic mass is 16.8. The largest absolute Gasteiger partial charge is 0.368 e. The van der Waals surface area contributed by atoms with E-state index in [-0.39, 0.29) is 6.10 Å². The van der Waals surface area contributed by atoms with Gasteiger partial charge >= 0.3 is 0 Å². The molecule has 2 fully saturated rings. The highest BCUT2D eigenvalue weighted by molar-refractivity contribution is 5.18. The molecule has 0 aromatic heterocycles. The Bertz CT molecular complexity index is 1290. The Morgan fingerprint density at radius 3 is 1.55 bits per heavy atom. The Morgan fingerprint density at radius 1 is 0.525 bits per heavy atom. The first-order chi connectivity index (χ1) is 19.8. The van der Waals surface area contributed by atoms with Gasteiger partial charge in [-0.05, 0) is 16.7 Å². The van der Waals surface area contributed by atoms with Crippen LogP contribution in [0.3, 0.4) is 0 Å². The third-order valence-electron chi connectivity index (χ3n) is 7.18. The normalized spacial score (nSPS) is 26.2. The summed E-state index contributed by atoms with van der Waals surface area (Å²) in [6.45, 7) is 1.53. The van der Waals surface area contributed by atoms with E-state index < -0.39 is 30.9 Å². The molecule has 2 saturated heterocycles. The van der Waals surface area contributed by atoms with Gasteiger partial charge in [-0.1, -0.05) is 121 Å². The van der Waals surface area contributed by atoms with E-state index in [2.05, 4.69) is 12.1 Å². The smallest absolute Gasteiger partial charge is 0.187 e. The van der Waals surface area contributed by atoms with Gasteiger partial charge in [-0.2, -0.15) is 0 Å². The number of hydrogen-bond acceptors (Lipinski definition) is 6. The zero-order chi connectivity index (χ0) is 27.0. The fraction of sp³-hybridized carbons (Fsp3) is 0.294. The lowest BCUT2D eigenvalue weighted by Gasteiger charge is -2.49. The SMILES string of the molecule is c1ccc(COC2[C@H](OCc3ccccc3)OC3COC(c4ccccc4)O[C@H]3[C@@H]2OCc2ccccc2)cc1. The zero-order valence-electron chi connectivity index (χ0n) is 22.3. The molecule has 2 heterocycles. The van der Waals surface area contributed by atoms with E-state index in [0.29, 0.717) is 26.4 Å². The second-order valence-corrected chi connectivity index (χ2v) is 10.0. The van der Waals surface area contributed by atoms with Gasteiger partial charge in [0, 0.05) is 5.56 Å². The molecule has 6 rings (SSSR count). The summed E-state index contributed by atoms with van der Waals surface area (Å²) in [5.41, 5.74) is 4.13. The summed E-state index contributed by atoms with van der Waals surface area (Å²) in [6, 6.07) is 40.2. The molecule has 2 aliphatic rings. The molecule has 6 atom stereocenters. The van der Waals surface area contributed by atoms with E-state index >= 15 is 0 Å². The quantitative estimate of drug-likeness (QED) is 0.239. The number of ether oxygens (including phenoxy) is 6. The summed E-state index contributed by atoms with van der Waals surface area (Å²) in [7, 11) is 0. The van der Waals surface area contributed by atoms with E-state index in [1.807, 2.05) is 109 Å². The van der Waals surface area contributed by atoms with Crippen LogP contribution in [0.15, 0.2) is 121 Å². The van der Waals surface area contributed by atoms with Crippen molar-refractivity contribution in [1.82, 2.24) is 0 Å². The molecule has 0 bridgehead atoms. The molecule has 4 aromatic carbocycles. The summed E-state index contributed by atoms with van der Waals surface area (Å²) >= 11 is 0. The third kappa shape index (κ3) is 6.67. The van der Waals surface area contributed by atoms with Crippen LogP contribution in [0.5, 0.6) is 0 Å². The van der Waals surface area contributed by atoms with E-state index in [0.717, 1.165) is 22.3 Å². The molecule has 6 heteroatoms. The van der Waals surface area contributed by atoms with Crippen LogP contribution in [0.4, 0.5) is 0 Å². The van der Waals surface area contributed by atoms with Gasteiger partial charge in [0.25, 0.3) is 0 Å². The van der Waals surface area contributed by atoms with E-state index in [9.17, 15) is 0 Å². The first-order valence-electron chi connectivity index (χ1n) is 13.8. The molecule has 4 aromatic rings. The van der Waals surface area contributed by atoms with Gasteiger partial charge in [0.05, 0.1) is 26.4 Å². The average molecular weight is 539 g/mol. The topological polar surface area (TPSA) is 55.4 Å². The van der Waals surface area contributed by atoms with Crippen LogP contribution < -0.4 is 0 Å². The van der Waals surface area contributed by atoms with Gasteiger partial charge in [0.1, 0.15) is 24.4 Å². The van der Waals surface area contributed by atoms with Gasteiger partial charge in [-0.25, -0.2) is 0 Å². The van der Waals surface area contributed by atoms with Gasteiger partial charge in [-0.3, -0.25) is 0 Å². The second-order valence-electron chi connectivity index (χ2n) is 10.0. The van der Waals surface area contributed by atoms with Gasteiger partial charge in [0.2, 0.25) is 0 Å². The maximum atomic E-state index is 6.64. The maximum absolute atomic E-state index is 6.64. The van der Waals surface area contributed by atoms with Crippen molar-refractivity contribution in [2.75, 3.05) is 6.61 Å². The van der Waals surface area contributed by atoms with E-state index in [1.165, 1.54) is 0 Å². The maximum Gasteiger partial charge on any atom is 0.187 e. The predicted octanol–water partition coefficient (Wildman–Crippen LogP) is 6.21. The fourth-order valence-corrected chi connectivity index (χ4v) is 5.11. The van der Waals surface area contributed by atoms with Gasteiger partial charge in [-0.15, -0.1) is 0 Å². The summed E-state index contributed by atoms with van der Waals surface area (Å²) in [4.78, 5) is 0. The molecule has 0 N–H and O–H groups in total. The molecular weight excluding hydrogens is 504 g/mol. The molecule has 0 amide bonds. The minimum atomic E-state index is -0.675. The lowest BCUT2D eigenvalue weighted by Crippen LogP contribution is -2.63. The van der Waals surface area contributed by atoms with Crippen LogP contribution in [-0.4, -0.2) is 37.3 Å². The number of fused-ring (bicyclic) bond motifs is 1. The van der Waals surface area contributed by atoms with Crippen LogP contribution in [0.1, 0.15) is 28.5 Å². The average Bonchev–Trinajstić information content (AvgIpc) is 3.03. The Balaban J connectivity index is 1.27. The number of hydrogen-bond donors (Lipinski definition) is 0. The molecule has 0 radical (unpaired) electrons. The predicted molar refractivity (Wildman–Crippen MR) is 150 cm³/mol. The Morgan fingerprint density at radius 2 is 1.00 bits per heavy atom. The summed E-state index contributed by atoms with van der Waals surface area (Å²) in [5.74, 6) is 0. The first-order valence-corrected chi connectivity index (χ1v) is 13.8. The summed E-state index contributed by atoms with van der Waals surface area (Å²) < 4.78 is 38.8. The summed E-state index contributed by atoms with van der Waals surface area (Å²) in [6.07, 6.45) is -2.99.